The molecular weight excluding hydrogens is 375 g/mol. The normalized spacial score (nSPS) is 14.9. The number of ether oxygens (including phenoxy) is 1. The number of halogens is 1. The smallest absolute Gasteiger partial charge is 0.301 e. The minimum absolute atomic E-state index is 0.0934. The second kappa shape index (κ2) is 8.00. The van der Waals surface area contributed by atoms with Crippen molar-refractivity contribution in [1.29, 1.82) is 0 Å². The monoisotopic (exact) mass is 396 g/mol. The number of nitrogens with zero attached hydrogens (tertiary/aromatic N) is 4. The summed E-state index contributed by atoms with van der Waals surface area (Å²) in [7, 11) is 1.57. The molecule has 150 valence electrons. The van der Waals surface area contributed by atoms with E-state index in [2.05, 4.69) is 9.88 Å². The highest BCUT2D eigenvalue weighted by atomic mass is 19.1. The average Bonchev–Trinajstić information content (AvgIpc) is 2.73. The summed E-state index contributed by atoms with van der Waals surface area (Å²) < 4.78 is 18.9. The maximum Gasteiger partial charge on any atom is 0.301 e. The summed E-state index contributed by atoms with van der Waals surface area (Å²) >= 11 is 0. The fourth-order valence-corrected chi connectivity index (χ4v) is 3.83. The van der Waals surface area contributed by atoms with Crippen LogP contribution in [-0.4, -0.2) is 48.1 Å². The van der Waals surface area contributed by atoms with E-state index in [-0.39, 0.29) is 16.4 Å². The molecule has 1 aliphatic heterocycles. The zero-order valence-corrected chi connectivity index (χ0v) is 16.0. The molecule has 0 bridgehead atoms. The fraction of sp³-hybridized carbons (Fsp3) is 0.286. The molecule has 2 heterocycles. The lowest BCUT2D eigenvalue weighted by Gasteiger charge is -2.36. The van der Waals surface area contributed by atoms with Crippen molar-refractivity contribution in [2.75, 3.05) is 38.2 Å². The number of pyridine rings is 1. The molecule has 1 aliphatic rings. The number of rotatable bonds is 5. The lowest BCUT2D eigenvalue weighted by molar-refractivity contribution is -0.382. The summed E-state index contributed by atoms with van der Waals surface area (Å²) in [6, 6.07) is 11.5. The van der Waals surface area contributed by atoms with E-state index in [1.807, 2.05) is 11.0 Å². The van der Waals surface area contributed by atoms with Gasteiger partial charge in [-0.05, 0) is 42.5 Å². The van der Waals surface area contributed by atoms with Crippen LogP contribution in [0.5, 0.6) is 5.75 Å². The molecule has 0 radical (unpaired) electrons. The summed E-state index contributed by atoms with van der Waals surface area (Å²) in [5.41, 5.74) is 2.11. The minimum Gasteiger partial charge on any atom is -0.496 e. The van der Waals surface area contributed by atoms with Gasteiger partial charge in [-0.25, -0.2) is 4.39 Å². The predicted octanol–water partition coefficient (Wildman–Crippen LogP) is 3.61. The lowest BCUT2D eigenvalue weighted by Crippen LogP contribution is -2.46. The summed E-state index contributed by atoms with van der Waals surface area (Å²) in [5.74, 6) is 0.367. The van der Waals surface area contributed by atoms with Gasteiger partial charge in [-0.2, -0.15) is 0 Å². The molecule has 4 rings (SSSR count). The van der Waals surface area contributed by atoms with Crippen LogP contribution in [0, 0.1) is 15.9 Å². The first-order valence-electron chi connectivity index (χ1n) is 9.38. The van der Waals surface area contributed by atoms with Gasteiger partial charge in [0.1, 0.15) is 17.3 Å². The van der Waals surface area contributed by atoms with Crippen LogP contribution in [0.1, 0.15) is 5.56 Å². The van der Waals surface area contributed by atoms with Gasteiger partial charge in [0.05, 0.1) is 22.9 Å². The molecule has 2 aromatic carbocycles. The van der Waals surface area contributed by atoms with E-state index >= 15 is 0 Å². The molecule has 0 amide bonds. The van der Waals surface area contributed by atoms with Crippen LogP contribution >= 0.6 is 0 Å². The number of benzene rings is 2. The SMILES string of the molecule is COc1ccc(F)cc1CN1CCN(c2ccc3ncccc3c2[N+](=O)[O-])CC1. The second-order valence-electron chi connectivity index (χ2n) is 6.98. The first kappa shape index (κ1) is 19.1. The minimum atomic E-state index is -0.330. The molecule has 29 heavy (non-hydrogen) atoms. The molecule has 1 saturated heterocycles. The Morgan fingerprint density at radius 1 is 1.17 bits per heavy atom. The Morgan fingerprint density at radius 2 is 1.97 bits per heavy atom. The number of hydrogen-bond acceptors (Lipinski definition) is 6. The molecule has 0 aliphatic carbocycles. The van der Waals surface area contributed by atoms with Crippen molar-refractivity contribution in [3.8, 4) is 5.75 Å². The van der Waals surface area contributed by atoms with Gasteiger partial charge in [-0.3, -0.25) is 20.0 Å². The Morgan fingerprint density at radius 3 is 2.69 bits per heavy atom. The number of nitro groups is 1. The van der Waals surface area contributed by atoms with Crippen LogP contribution in [0.2, 0.25) is 0 Å². The third kappa shape index (κ3) is 3.84. The maximum atomic E-state index is 13.6. The topological polar surface area (TPSA) is 71.7 Å². The lowest BCUT2D eigenvalue weighted by atomic mass is 10.1. The van der Waals surface area contributed by atoms with E-state index in [4.69, 9.17) is 4.74 Å². The zero-order chi connectivity index (χ0) is 20.4. The van der Waals surface area contributed by atoms with Crippen molar-refractivity contribution in [2.24, 2.45) is 0 Å². The molecule has 0 spiro atoms. The number of hydrogen-bond donors (Lipinski definition) is 0. The average molecular weight is 396 g/mol. The van der Waals surface area contributed by atoms with Crippen molar-refractivity contribution in [2.45, 2.75) is 6.54 Å². The summed E-state index contributed by atoms with van der Waals surface area (Å²) in [6.07, 6.45) is 1.63. The molecule has 1 fully saturated rings. The van der Waals surface area contributed by atoms with Crippen LogP contribution in [0.15, 0.2) is 48.7 Å². The second-order valence-corrected chi connectivity index (χ2v) is 6.98. The van der Waals surface area contributed by atoms with Crippen molar-refractivity contribution in [3.63, 3.8) is 0 Å². The summed E-state index contributed by atoms with van der Waals surface area (Å²) in [5, 5.41) is 12.3. The number of fused-ring (bicyclic) bond motifs is 1. The molecular formula is C21H21FN4O3. The van der Waals surface area contributed by atoms with Crippen LogP contribution in [-0.2, 0) is 6.54 Å². The molecule has 3 aromatic rings. The first-order valence-corrected chi connectivity index (χ1v) is 9.38. The third-order valence-corrected chi connectivity index (χ3v) is 5.27. The highest BCUT2D eigenvalue weighted by Crippen LogP contribution is 2.35. The van der Waals surface area contributed by atoms with Gasteiger partial charge in [0.2, 0.25) is 0 Å². The Labute approximate surface area is 167 Å². The number of piperazine rings is 1. The Bertz CT molecular complexity index is 1050. The maximum absolute atomic E-state index is 13.6. The van der Waals surface area contributed by atoms with Gasteiger partial charge in [0, 0.05) is 44.5 Å². The van der Waals surface area contributed by atoms with Crippen molar-refractivity contribution in [1.82, 2.24) is 9.88 Å². The van der Waals surface area contributed by atoms with Crippen LogP contribution in [0.4, 0.5) is 15.8 Å². The molecule has 0 atom stereocenters. The van der Waals surface area contributed by atoms with Crippen LogP contribution in [0.3, 0.4) is 0 Å². The van der Waals surface area contributed by atoms with Crippen LogP contribution < -0.4 is 9.64 Å². The van der Waals surface area contributed by atoms with Gasteiger partial charge in [-0.15, -0.1) is 0 Å². The van der Waals surface area contributed by atoms with E-state index in [9.17, 15) is 14.5 Å². The van der Waals surface area contributed by atoms with E-state index in [0.717, 1.165) is 5.56 Å². The first-order chi connectivity index (χ1) is 14.1. The van der Waals surface area contributed by atoms with Crippen molar-refractivity contribution < 1.29 is 14.1 Å². The largest absolute Gasteiger partial charge is 0.496 e. The molecule has 8 heteroatoms. The number of aromatic nitrogens is 1. The number of anilines is 1. The van der Waals surface area contributed by atoms with Gasteiger partial charge < -0.3 is 9.64 Å². The molecule has 0 unspecified atom stereocenters. The third-order valence-electron chi connectivity index (χ3n) is 5.27. The molecule has 0 N–H and O–H groups in total. The standard InChI is InChI=1S/C21H21FN4O3/c1-29-20-7-4-16(22)13-15(20)14-24-9-11-25(12-10-24)19-6-5-18-17(3-2-8-23-18)21(19)26(27)28/h2-8,13H,9-12,14H2,1H3. The highest BCUT2D eigenvalue weighted by molar-refractivity contribution is 5.94. The Balaban J connectivity index is 1.53. The van der Waals surface area contributed by atoms with Gasteiger partial charge >= 0.3 is 5.69 Å². The van der Waals surface area contributed by atoms with Gasteiger partial charge in [-0.1, -0.05) is 0 Å². The van der Waals surface area contributed by atoms with Crippen molar-refractivity contribution >= 4 is 22.3 Å². The Hall–Kier alpha value is -3.26. The van der Waals surface area contributed by atoms with E-state index in [0.29, 0.717) is 55.1 Å². The van der Waals surface area contributed by atoms with Crippen molar-refractivity contribution in [3.05, 3.63) is 70.2 Å². The van der Waals surface area contributed by atoms with Gasteiger partial charge in [0.25, 0.3) is 0 Å². The molecule has 0 saturated carbocycles. The fourth-order valence-electron chi connectivity index (χ4n) is 3.83. The number of methoxy groups -OCH3 is 1. The Kier molecular flexibility index (Phi) is 5.26. The highest BCUT2D eigenvalue weighted by Gasteiger charge is 2.26. The zero-order valence-electron chi connectivity index (χ0n) is 16.0. The summed E-state index contributed by atoms with van der Waals surface area (Å²) in [6.45, 7) is 3.27. The van der Waals surface area contributed by atoms with E-state index < -0.39 is 0 Å². The number of nitro benzene ring substituents is 1. The summed E-state index contributed by atoms with van der Waals surface area (Å²) in [4.78, 5) is 19.9. The quantitative estimate of drug-likeness (QED) is 0.485. The van der Waals surface area contributed by atoms with Crippen LogP contribution in [0.25, 0.3) is 10.9 Å². The predicted molar refractivity (Wildman–Crippen MR) is 109 cm³/mol. The van der Waals surface area contributed by atoms with E-state index in [1.165, 1.54) is 12.1 Å². The molecule has 1 aromatic heterocycles. The van der Waals surface area contributed by atoms with Gasteiger partial charge in [0.15, 0.2) is 0 Å². The van der Waals surface area contributed by atoms with E-state index in [1.54, 1.807) is 37.6 Å². The molecule has 7 nitrogen and oxygen atoms in total.